The zero-order chi connectivity index (χ0) is 9.56. The summed E-state index contributed by atoms with van der Waals surface area (Å²) in [6, 6.07) is 0.435. The van der Waals surface area contributed by atoms with Crippen molar-refractivity contribution in [2.24, 2.45) is 4.99 Å². The monoisotopic (exact) mass is 185 g/mol. The highest BCUT2D eigenvalue weighted by Crippen LogP contribution is 2.08. The van der Waals surface area contributed by atoms with Crippen molar-refractivity contribution < 1.29 is 0 Å². The van der Waals surface area contributed by atoms with E-state index in [4.69, 9.17) is 5.26 Å². The summed E-state index contributed by atoms with van der Waals surface area (Å²) in [4.78, 5) is 5.74. The molecule has 0 aromatic carbocycles. The van der Waals surface area contributed by atoms with Crippen molar-refractivity contribution in [1.82, 2.24) is 4.90 Å². The Labute approximate surface area is 78.5 Å². The van der Waals surface area contributed by atoms with Gasteiger partial charge in [-0.15, -0.1) is 4.99 Å². The van der Waals surface area contributed by atoms with Crippen molar-refractivity contribution in [2.75, 3.05) is 13.3 Å². The number of aliphatic imine (C=N–C) groups is 1. The normalized spacial score (nSPS) is 13.8. The fourth-order valence-corrected chi connectivity index (χ4v) is 1.37. The van der Waals surface area contributed by atoms with Gasteiger partial charge in [0.2, 0.25) is 6.19 Å². The van der Waals surface area contributed by atoms with E-state index in [0.717, 1.165) is 11.6 Å². The van der Waals surface area contributed by atoms with E-state index in [1.807, 2.05) is 18.2 Å². The first-order valence-corrected chi connectivity index (χ1v) is 5.13. The third-order valence-corrected chi connectivity index (χ3v) is 2.63. The Balaban J connectivity index is 4.33. The Morgan fingerprint density at radius 1 is 1.75 bits per heavy atom. The van der Waals surface area contributed by atoms with Crippen LogP contribution in [0.3, 0.4) is 0 Å². The lowest BCUT2D eigenvalue weighted by atomic mass is 10.2. The van der Waals surface area contributed by atoms with Gasteiger partial charge in [-0.25, -0.2) is 0 Å². The van der Waals surface area contributed by atoms with Gasteiger partial charge in [0.1, 0.15) is 0 Å². The van der Waals surface area contributed by atoms with Crippen LogP contribution >= 0.6 is 11.8 Å². The summed E-state index contributed by atoms with van der Waals surface area (Å²) in [5.74, 6) is 0. The number of hydrogen-bond donors (Lipinski definition) is 0. The minimum atomic E-state index is 0.435. The van der Waals surface area contributed by atoms with Gasteiger partial charge in [0.15, 0.2) is 5.17 Å². The van der Waals surface area contributed by atoms with Crippen LogP contribution in [0.4, 0.5) is 0 Å². The fraction of sp³-hybridized carbons (Fsp3) is 0.750. The van der Waals surface area contributed by atoms with Gasteiger partial charge in [-0.3, -0.25) is 0 Å². The molecule has 4 heteroatoms. The molecule has 0 aliphatic rings. The van der Waals surface area contributed by atoms with Crippen LogP contribution in [-0.2, 0) is 0 Å². The smallest absolute Gasteiger partial charge is 0.208 e. The molecule has 0 radical (unpaired) electrons. The highest BCUT2D eigenvalue weighted by atomic mass is 32.2. The highest BCUT2D eigenvalue weighted by Gasteiger charge is 2.10. The second-order valence-corrected chi connectivity index (χ2v) is 3.34. The van der Waals surface area contributed by atoms with E-state index in [2.05, 4.69) is 18.8 Å². The van der Waals surface area contributed by atoms with Crippen molar-refractivity contribution in [3.8, 4) is 6.19 Å². The van der Waals surface area contributed by atoms with E-state index >= 15 is 0 Å². The van der Waals surface area contributed by atoms with Gasteiger partial charge in [0.05, 0.1) is 0 Å². The number of nitriles is 1. The Kier molecular flexibility index (Phi) is 5.56. The Bertz CT molecular complexity index is 195. The standard InChI is InChI=1S/C8H15N3S/c1-5-7(2)11(3)8(12-4)10-6-9/h7H,5H2,1-4H3. The van der Waals surface area contributed by atoms with Crippen LogP contribution < -0.4 is 0 Å². The van der Waals surface area contributed by atoms with Crippen molar-refractivity contribution in [3.63, 3.8) is 0 Å². The van der Waals surface area contributed by atoms with E-state index in [0.29, 0.717) is 6.04 Å². The summed E-state index contributed by atoms with van der Waals surface area (Å²) in [6.45, 7) is 4.23. The first-order chi connectivity index (χ1) is 5.67. The molecule has 0 aromatic rings. The van der Waals surface area contributed by atoms with Gasteiger partial charge in [-0.2, -0.15) is 5.26 Å². The molecule has 0 fully saturated rings. The van der Waals surface area contributed by atoms with Gasteiger partial charge < -0.3 is 4.90 Å². The zero-order valence-corrected chi connectivity index (χ0v) is 8.85. The van der Waals surface area contributed by atoms with Gasteiger partial charge in [-0.05, 0) is 19.6 Å². The molecule has 0 N–H and O–H groups in total. The molecule has 0 saturated carbocycles. The molecular formula is C8H15N3S. The van der Waals surface area contributed by atoms with Crippen molar-refractivity contribution >= 4 is 16.9 Å². The van der Waals surface area contributed by atoms with E-state index < -0.39 is 0 Å². The Hall–Kier alpha value is -0.690. The fourth-order valence-electron chi connectivity index (χ4n) is 0.774. The molecule has 68 valence electrons. The number of nitrogens with zero attached hydrogens (tertiary/aromatic N) is 3. The van der Waals surface area contributed by atoms with Crippen molar-refractivity contribution in [2.45, 2.75) is 26.3 Å². The average Bonchev–Trinajstić information content (AvgIpc) is 2.11. The van der Waals surface area contributed by atoms with Crippen LogP contribution in [-0.4, -0.2) is 29.4 Å². The lowest BCUT2D eigenvalue weighted by Crippen LogP contribution is -2.32. The molecule has 0 bridgehead atoms. The zero-order valence-electron chi connectivity index (χ0n) is 8.03. The van der Waals surface area contributed by atoms with Crippen LogP contribution in [0.2, 0.25) is 0 Å². The second-order valence-electron chi connectivity index (χ2n) is 2.57. The summed E-state index contributed by atoms with van der Waals surface area (Å²) < 4.78 is 0. The topological polar surface area (TPSA) is 39.4 Å². The largest absolute Gasteiger partial charge is 0.351 e. The molecule has 0 heterocycles. The predicted octanol–water partition coefficient (Wildman–Crippen LogP) is 1.92. The molecule has 1 unspecified atom stereocenters. The Morgan fingerprint density at radius 2 is 2.33 bits per heavy atom. The molecular weight excluding hydrogens is 170 g/mol. The third-order valence-electron chi connectivity index (χ3n) is 1.88. The molecule has 0 rings (SSSR count). The van der Waals surface area contributed by atoms with Crippen LogP contribution in [0.25, 0.3) is 0 Å². The lowest BCUT2D eigenvalue weighted by Gasteiger charge is -2.25. The first kappa shape index (κ1) is 11.3. The predicted molar refractivity (Wildman–Crippen MR) is 54.1 cm³/mol. The summed E-state index contributed by atoms with van der Waals surface area (Å²) >= 11 is 1.50. The number of amidine groups is 1. The van der Waals surface area contributed by atoms with E-state index in [1.54, 1.807) is 6.19 Å². The maximum atomic E-state index is 8.39. The molecule has 0 amide bonds. The van der Waals surface area contributed by atoms with Crippen LogP contribution in [0.5, 0.6) is 0 Å². The van der Waals surface area contributed by atoms with E-state index in [9.17, 15) is 0 Å². The summed E-state index contributed by atoms with van der Waals surface area (Å²) in [5, 5.41) is 9.18. The molecule has 0 aliphatic heterocycles. The minimum Gasteiger partial charge on any atom is -0.351 e. The number of hydrogen-bond acceptors (Lipinski definition) is 3. The average molecular weight is 185 g/mol. The van der Waals surface area contributed by atoms with Gasteiger partial charge in [-0.1, -0.05) is 18.7 Å². The van der Waals surface area contributed by atoms with Crippen LogP contribution in [0, 0.1) is 11.5 Å². The lowest BCUT2D eigenvalue weighted by molar-refractivity contribution is 0.387. The number of rotatable bonds is 2. The van der Waals surface area contributed by atoms with Gasteiger partial charge in [0, 0.05) is 13.1 Å². The minimum absolute atomic E-state index is 0.435. The highest BCUT2D eigenvalue weighted by molar-refractivity contribution is 8.13. The van der Waals surface area contributed by atoms with Crippen LogP contribution in [0.15, 0.2) is 4.99 Å². The number of thioether (sulfide) groups is 1. The van der Waals surface area contributed by atoms with Crippen molar-refractivity contribution in [3.05, 3.63) is 0 Å². The summed E-state index contributed by atoms with van der Waals surface area (Å²) in [7, 11) is 1.96. The van der Waals surface area contributed by atoms with Gasteiger partial charge in [0.25, 0.3) is 0 Å². The third kappa shape index (κ3) is 3.14. The molecule has 0 aromatic heterocycles. The maximum Gasteiger partial charge on any atom is 0.208 e. The van der Waals surface area contributed by atoms with Gasteiger partial charge >= 0.3 is 0 Å². The molecule has 3 nitrogen and oxygen atoms in total. The summed E-state index contributed by atoms with van der Waals surface area (Å²) in [5.41, 5.74) is 0. The molecule has 12 heavy (non-hydrogen) atoms. The van der Waals surface area contributed by atoms with E-state index in [1.165, 1.54) is 11.8 Å². The molecule has 0 saturated heterocycles. The molecule has 0 aliphatic carbocycles. The van der Waals surface area contributed by atoms with E-state index in [-0.39, 0.29) is 0 Å². The quantitative estimate of drug-likeness (QED) is 0.375. The summed E-state index contributed by atoms with van der Waals surface area (Å²) in [6.07, 6.45) is 4.79. The second kappa shape index (κ2) is 5.90. The molecule has 0 spiro atoms. The van der Waals surface area contributed by atoms with Crippen LogP contribution in [0.1, 0.15) is 20.3 Å². The maximum absolute atomic E-state index is 8.39. The van der Waals surface area contributed by atoms with Crippen molar-refractivity contribution in [1.29, 1.82) is 5.26 Å². The first-order valence-electron chi connectivity index (χ1n) is 3.90. The molecule has 1 atom stereocenters. The Morgan fingerprint density at radius 3 is 2.67 bits per heavy atom. The SMILES string of the molecule is CCC(C)N(C)C(=NC#N)SC.